The summed E-state index contributed by atoms with van der Waals surface area (Å²) in [4.78, 5) is 20.9. The summed E-state index contributed by atoms with van der Waals surface area (Å²) in [5.41, 5.74) is 1.77. The molecule has 8 heteroatoms. The molecular formula is C18H22N4O4. The summed E-state index contributed by atoms with van der Waals surface area (Å²) in [6.07, 6.45) is 0.745. The molecule has 0 saturated carbocycles. The van der Waals surface area contributed by atoms with Gasteiger partial charge in [0.05, 0.1) is 0 Å². The molecule has 0 radical (unpaired) electrons. The van der Waals surface area contributed by atoms with E-state index in [1.54, 1.807) is 13.2 Å². The lowest BCUT2D eigenvalue weighted by atomic mass is 10.2. The molecule has 1 aliphatic rings. The van der Waals surface area contributed by atoms with Crippen molar-refractivity contribution in [2.75, 3.05) is 38.8 Å². The first kappa shape index (κ1) is 17.9. The molecule has 0 atom stereocenters. The first-order chi connectivity index (χ1) is 12.7. The van der Waals surface area contributed by atoms with Gasteiger partial charge < -0.3 is 24.8 Å². The fourth-order valence-corrected chi connectivity index (χ4v) is 2.50. The van der Waals surface area contributed by atoms with Crippen LogP contribution in [0.3, 0.4) is 0 Å². The second-order valence-corrected chi connectivity index (χ2v) is 5.80. The Bertz CT molecular complexity index is 782. The summed E-state index contributed by atoms with van der Waals surface area (Å²) in [7, 11) is 1.63. The number of hydrogen-bond donors (Lipinski definition) is 2. The molecule has 138 valence electrons. The minimum absolute atomic E-state index is 0.239. The Kier molecular flexibility index (Phi) is 5.85. The normalized spacial score (nSPS) is 12.5. The number of nitrogens with one attached hydrogen (secondary N) is 2. The number of fused-ring (bicyclic) bond motifs is 1. The Hall–Kier alpha value is -2.87. The lowest BCUT2D eigenvalue weighted by molar-refractivity contribution is 0.0943. The molecule has 1 amide bonds. The van der Waals surface area contributed by atoms with Gasteiger partial charge in [0.25, 0.3) is 5.91 Å². The molecule has 2 N–H and O–H groups in total. The van der Waals surface area contributed by atoms with Crippen LogP contribution in [0.1, 0.15) is 22.6 Å². The van der Waals surface area contributed by atoms with Crippen LogP contribution in [0.15, 0.2) is 24.3 Å². The Morgan fingerprint density at radius 2 is 2.00 bits per heavy atom. The van der Waals surface area contributed by atoms with Gasteiger partial charge in [0.1, 0.15) is 18.9 Å². The molecule has 0 spiro atoms. The zero-order valence-corrected chi connectivity index (χ0v) is 14.9. The lowest BCUT2D eigenvalue weighted by Gasteiger charge is -2.19. The van der Waals surface area contributed by atoms with Crippen LogP contribution < -0.4 is 20.1 Å². The highest BCUT2D eigenvalue weighted by atomic mass is 16.6. The average Bonchev–Trinajstić information content (AvgIpc) is 2.64. The van der Waals surface area contributed by atoms with Gasteiger partial charge in [0, 0.05) is 37.7 Å². The molecule has 0 bridgehead atoms. The van der Waals surface area contributed by atoms with Crippen LogP contribution in [-0.4, -0.2) is 49.4 Å². The van der Waals surface area contributed by atoms with Crippen LogP contribution in [-0.2, 0) is 4.74 Å². The van der Waals surface area contributed by atoms with Gasteiger partial charge in [0.2, 0.25) is 5.95 Å². The Labute approximate surface area is 151 Å². The molecule has 0 saturated heterocycles. The molecule has 2 aromatic rings. The van der Waals surface area contributed by atoms with E-state index < -0.39 is 0 Å². The number of carbonyl (C=O) groups excluding carboxylic acids is 1. The molecule has 3 rings (SSSR count). The highest BCUT2D eigenvalue weighted by Gasteiger charge is 2.14. The standard InChI is InChI=1S/C18H22N4O4/c1-12-10-14(17(23)19-6-3-7-24-2)22-18(20-12)21-13-4-5-15-16(11-13)26-9-8-25-15/h4-5,10-11H,3,6-9H2,1-2H3,(H,19,23)(H,20,21,22). The molecular weight excluding hydrogens is 336 g/mol. The van der Waals surface area contributed by atoms with Gasteiger partial charge >= 0.3 is 0 Å². The van der Waals surface area contributed by atoms with Gasteiger partial charge in [-0.3, -0.25) is 4.79 Å². The third kappa shape index (κ3) is 4.60. The first-order valence-electron chi connectivity index (χ1n) is 8.45. The van der Waals surface area contributed by atoms with Gasteiger partial charge in [-0.05, 0) is 31.5 Å². The molecule has 1 aliphatic heterocycles. The summed E-state index contributed by atoms with van der Waals surface area (Å²) in [6, 6.07) is 7.16. The van der Waals surface area contributed by atoms with E-state index in [2.05, 4.69) is 20.6 Å². The van der Waals surface area contributed by atoms with E-state index in [1.807, 2.05) is 25.1 Å². The SMILES string of the molecule is COCCCNC(=O)c1cc(C)nc(Nc2ccc3c(c2)OCCO3)n1. The van der Waals surface area contributed by atoms with Gasteiger partial charge in [-0.2, -0.15) is 0 Å². The summed E-state index contributed by atoms with van der Waals surface area (Å²) in [5, 5.41) is 5.93. The Morgan fingerprint density at radius 3 is 2.81 bits per heavy atom. The number of carbonyl (C=O) groups is 1. The number of methoxy groups -OCH3 is 1. The maximum absolute atomic E-state index is 12.2. The van der Waals surface area contributed by atoms with Crippen molar-refractivity contribution in [3.63, 3.8) is 0 Å². The van der Waals surface area contributed by atoms with E-state index in [0.29, 0.717) is 55.2 Å². The highest BCUT2D eigenvalue weighted by Crippen LogP contribution is 2.33. The van der Waals surface area contributed by atoms with E-state index in [4.69, 9.17) is 14.2 Å². The lowest BCUT2D eigenvalue weighted by Crippen LogP contribution is -2.26. The van der Waals surface area contributed by atoms with E-state index >= 15 is 0 Å². The molecule has 26 heavy (non-hydrogen) atoms. The van der Waals surface area contributed by atoms with Gasteiger partial charge in [-0.25, -0.2) is 9.97 Å². The van der Waals surface area contributed by atoms with Crippen LogP contribution in [0.25, 0.3) is 0 Å². The van der Waals surface area contributed by atoms with Crippen LogP contribution >= 0.6 is 0 Å². The van der Waals surface area contributed by atoms with Crippen LogP contribution in [0, 0.1) is 6.92 Å². The summed E-state index contributed by atoms with van der Waals surface area (Å²) in [5.74, 6) is 1.49. The number of amides is 1. The number of hydrogen-bond acceptors (Lipinski definition) is 7. The van der Waals surface area contributed by atoms with E-state index in [0.717, 1.165) is 12.1 Å². The number of aryl methyl sites for hydroxylation is 1. The molecule has 1 aromatic heterocycles. The van der Waals surface area contributed by atoms with Gasteiger partial charge in [-0.15, -0.1) is 0 Å². The topological polar surface area (TPSA) is 94.6 Å². The Morgan fingerprint density at radius 1 is 1.19 bits per heavy atom. The van der Waals surface area contributed by atoms with Gasteiger partial charge in [0.15, 0.2) is 11.5 Å². The number of rotatable bonds is 7. The number of benzene rings is 1. The van der Waals surface area contributed by atoms with Crippen molar-refractivity contribution in [2.45, 2.75) is 13.3 Å². The number of aromatic nitrogens is 2. The van der Waals surface area contributed by atoms with E-state index in [9.17, 15) is 4.79 Å². The zero-order valence-electron chi connectivity index (χ0n) is 14.9. The minimum atomic E-state index is -0.239. The van der Waals surface area contributed by atoms with Crippen molar-refractivity contribution in [3.05, 3.63) is 35.7 Å². The molecule has 2 heterocycles. The third-order valence-corrected chi connectivity index (χ3v) is 3.70. The molecule has 1 aromatic carbocycles. The number of anilines is 2. The zero-order chi connectivity index (χ0) is 18.4. The highest BCUT2D eigenvalue weighted by molar-refractivity contribution is 5.92. The Balaban J connectivity index is 1.70. The van der Waals surface area contributed by atoms with Crippen molar-refractivity contribution >= 4 is 17.5 Å². The monoisotopic (exact) mass is 358 g/mol. The van der Waals surface area contributed by atoms with E-state index in [-0.39, 0.29) is 5.91 Å². The summed E-state index contributed by atoms with van der Waals surface area (Å²) >= 11 is 0. The van der Waals surface area contributed by atoms with E-state index in [1.165, 1.54) is 0 Å². The molecule has 0 fully saturated rings. The largest absolute Gasteiger partial charge is 0.486 e. The van der Waals surface area contributed by atoms with Crippen molar-refractivity contribution in [2.24, 2.45) is 0 Å². The quantitative estimate of drug-likeness (QED) is 0.732. The molecule has 0 unspecified atom stereocenters. The average molecular weight is 358 g/mol. The van der Waals surface area contributed by atoms with Crippen molar-refractivity contribution in [3.8, 4) is 11.5 Å². The second-order valence-electron chi connectivity index (χ2n) is 5.80. The summed E-state index contributed by atoms with van der Waals surface area (Å²) in [6.45, 7) is 4.01. The van der Waals surface area contributed by atoms with Crippen molar-refractivity contribution < 1.29 is 19.0 Å². The maximum Gasteiger partial charge on any atom is 0.270 e. The second kappa shape index (κ2) is 8.48. The van der Waals surface area contributed by atoms with Crippen molar-refractivity contribution in [1.82, 2.24) is 15.3 Å². The molecule has 0 aliphatic carbocycles. The van der Waals surface area contributed by atoms with Crippen LogP contribution in [0.5, 0.6) is 11.5 Å². The number of nitrogens with zero attached hydrogens (tertiary/aromatic N) is 2. The molecule has 8 nitrogen and oxygen atoms in total. The third-order valence-electron chi connectivity index (χ3n) is 3.70. The fourth-order valence-electron chi connectivity index (χ4n) is 2.50. The van der Waals surface area contributed by atoms with Crippen molar-refractivity contribution in [1.29, 1.82) is 0 Å². The fraction of sp³-hybridized carbons (Fsp3) is 0.389. The first-order valence-corrected chi connectivity index (χ1v) is 8.45. The van der Waals surface area contributed by atoms with Crippen LogP contribution in [0.4, 0.5) is 11.6 Å². The minimum Gasteiger partial charge on any atom is -0.486 e. The summed E-state index contributed by atoms with van der Waals surface area (Å²) < 4.78 is 16.0. The number of ether oxygens (including phenoxy) is 3. The predicted molar refractivity (Wildman–Crippen MR) is 96.3 cm³/mol. The maximum atomic E-state index is 12.2. The smallest absolute Gasteiger partial charge is 0.270 e. The predicted octanol–water partition coefficient (Wildman–Crippen LogP) is 2.07. The van der Waals surface area contributed by atoms with Crippen LogP contribution in [0.2, 0.25) is 0 Å². The van der Waals surface area contributed by atoms with Gasteiger partial charge in [-0.1, -0.05) is 0 Å².